The van der Waals surface area contributed by atoms with Gasteiger partial charge in [-0.2, -0.15) is 0 Å². The Hall–Kier alpha value is -2.30. The fourth-order valence-electron chi connectivity index (χ4n) is 3.41. The minimum atomic E-state index is 0.852. The van der Waals surface area contributed by atoms with Crippen LogP contribution in [0.3, 0.4) is 0 Å². The number of anilines is 1. The average Bonchev–Trinajstić information content (AvgIpc) is 3.15. The highest BCUT2D eigenvalue weighted by Crippen LogP contribution is 2.22. The minimum absolute atomic E-state index is 0.852. The highest BCUT2D eigenvalue weighted by Gasteiger charge is 2.21. The van der Waals surface area contributed by atoms with Crippen LogP contribution in [0.1, 0.15) is 11.1 Å². The van der Waals surface area contributed by atoms with Crippen LogP contribution in [0.25, 0.3) is 5.69 Å². The van der Waals surface area contributed by atoms with E-state index in [0.29, 0.717) is 0 Å². The third-order valence-electron chi connectivity index (χ3n) is 4.94. The zero-order valence-electron chi connectivity index (χ0n) is 15.0. The summed E-state index contributed by atoms with van der Waals surface area (Å²) >= 11 is 6.30. The van der Waals surface area contributed by atoms with Crippen LogP contribution in [0.2, 0.25) is 5.02 Å². The Morgan fingerprint density at radius 2 is 1.69 bits per heavy atom. The molecule has 0 atom stereocenters. The van der Waals surface area contributed by atoms with E-state index in [-0.39, 0.29) is 0 Å². The van der Waals surface area contributed by atoms with E-state index in [4.69, 9.17) is 11.6 Å². The lowest BCUT2D eigenvalue weighted by Gasteiger charge is -2.35. The lowest BCUT2D eigenvalue weighted by atomic mass is 10.2. The summed E-state index contributed by atoms with van der Waals surface area (Å²) in [7, 11) is 0. The first-order chi connectivity index (χ1) is 12.7. The Kier molecular flexibility index (Phi) is 4.96. The number of aromatic nitrogens is 2. The van der Waals surface area contributed by atoms with Crippen LogP contribution in [-0.4, -0.2) is 40.6 Å². The van der Waals surface area contributed by atoms with Crippen molar-refractivity contribution in [1.82, 2.24) is 14.5 Å². The van der Waals surface area contributed by atoms with Crippen molar-refractivity contribution in [1.29, 1.82) is 0 Å². The summed E-state index contributed by atoms with van der Waals surface area (Å²) in [5.74, 6) is 1.02. The van der Waals surface area contributed by atoms with Gasteiger partial charge < -0.3 is 4.90 Å². The molecule has 0 bridgehead atoms. The zero-order chi connectivity index (χ0) is 17.9. The lowest BCUT2D eigenvalue weighted by molar-refractivity contribution is 0.248. The summed E-state index contributed by atoms with van der Waals surface area (Å²) in [6.07, 6.45) is 3.92. The SMILES string of the molecule is Cc1ccc(-n2ccnc2N2CCN(Cc3ccccc3Cl)CC2)cc1. The van der Waals surface area contributed by atoms with E-state index < -0.39 is 0 Å². The van der Waals surface area contributed by atoms with Crippen LogP contribution in [0.4, 0.5) is 5.95 Å². The Balaban J connectivity index is 1.43. The molecule has 2 aromatic carbocycles. The first-order valence-corrected chi connectivity index (χ1v) is 9.39. The second-order valence-electron chi connectivity index (χ2n) is 6.79. The first kappa shape index (κ1) is 17.1. The van der Waals surface area contributed by atoms with Gasteiger partial charge >= 0.3 is 0 Å². The molecule has 2 heterocycles. The van der Waals surface area contributed by atoms with Crippen LogP contribution in [-0.2, 0) is 6.54 Å². The lowest BCUT2D eigenvalue weighted by Crippen LogP contribution is -2.46. The van der Waals surface area contributed by atoms with Gasteiger partial charge in [0.15, 0.2) is 0 Å². The monoisotopic (exact) mass is 366 g/mol. The molecule has 1 saturated heterocycles. The fraction of sp³-hybridized carbons (Fsp3) is 0.286. The van der Waals surface area contributed by atoms with Crippen LogP contribution in [0, 0.1) is 6.92 Å². The van der Waals surface area contributed by atoms with Crippen molar-refractivity contribution in [2.45, 2.75) is 13.5 Å². The predicted molar refractivity (Wildman–Crippen MR) is 107 cm³/mol. The average molecular weight is 367 g/mol. The van der Waals surface area contributed by atoms with E-state index in [1.54, 1.807) is 0 Å². The van der Waals surface area contributed by atoms with Gasteiger partial charge in [0.05, 0.1) is 0 Å². The Morgan fingerprint density at radius 1 is 0.962 bits per heavy atom. The van der Waals surface area contributed by atoms with Gasteiger partial charge in [-0.15, -0.1) is 0 Å². The Bertz CT molecular complexity index is 864. The zero-order valence-corrected chi connectivity index (χ0v) is 15.7. The first-order valence-electron chi connectivity index (χ1n) is 9.02. The van der Waals surface area contributed by atoms with Crippen LogP contribution in [0.5, 0.6) is 0 Å². The largest absolute Gasteiger partial charge is 0.339 e. The van der Waals surface area contributed by atoms with Crippen molar-refractivity contribution in [3.8, 4) is 5.69 Å². The number of rotatable bonds is 4. The van der Waals surface area contributed by atoms with Crippen molar-refractivity contribution >= 4 is 17.5 Å². The summed E-state index contributed by atoms with van der Waals surface area (Å²) in [4.78, 5) is 9.43. The van der Waals surface area contributed by atoms with Gasteiger partial charge in [0.2, 0.25) is 5.95 Å². The number of imidazole rings is 1. The third kappa shape index (κ3) is 3.62. The van der Waals surface area contributed by atoms with Crippen LogP contribution < -0.4 is 4.90 Å². The standard InChI is InChI=1S/C21H23ClN4/c1-17-6-8-19(9-7-17)26-11-10-23-21(26)25-14-12-24(13-15-25)16-18-4-2-3-5-20(18)22/h2-11H,12-16H2,1H3. The van der Waals surface area contributed by atoms with Gasteiger partial charge in [-0.3, -0.25) is 9.47 Å². The molecule has 1 aliphatic heterocycles. The van der Waals surface area contributed by atoms with E-state index in [0.717, 1.165) is 49.4 Å². The number of piperazine rings is 1. The van der Waals surface area contributed by atoms with Crippen molar-refractivity contribution in [2.24, 2.45) is 0 Å². The normalized spacial score (nSPS) is 15.4. The number of benzene rings is 2. The quantitative estimate of drug-likeness (QED) is 0.693. The molecular formula is C21H23ClN4. The van der Waals surface area contributed by atoms with Gasteiger partial charge in [-0.25, -0.2) is 4.98 Å². The molecule has 0 amide bonds. The summed E-state index contributed by atoms with van der Waals surface area (Å²) in [6, 6.07) is 16.7. The second-order valence-corrected chi connectivity index (χ2v) is 7.19. The van der Waals surface area contributed by atoms with Crippen LogP contribution in [0.15, 0.2) is 60.9 Å². The molecule has 1 aliphatic rings. The summed E-state index contributed by atoms with van der Waals surface area (Å²) in [5, 5.41) is 0.852. The van der Waals surface area contributed by atoms with Gasteiger partial charge in [0, 0.05) is 55.8 Å². The molecular weight excluding hydrogens is 344 g/mol. The molecule has 1 aromatic heterocycles. The fourth-order valence-corrected chi connectivity index (χ4v) is 3.61. The van der Waals surface area contributed by atoms with E-state index in [2.05, 4.69) is 62.7 Å². The van der Waals surface area contributed by atoms with E-state index >= 15 is 0 Å². The number of halogens is 1. The second kappa shape index (κ2) is 7.52. The third-order valence-corrected chi connectivity index (χ3v) is 5.31. The van der Waals surface area contributed by atoms with Crippen molar-refractivity contribution < 1.29 is 0 Å². The van der Waals surface area contributed by atoms with Crippen molar-refractivity contribution in [3.63, 3.8) is 0 Å². The van der Waals surface area contributed by atoms with Crippen LogP contribution >= 0.6 is 11.6 Å². The summed E-state index contributed by atoms with van der Waals surface area (Å²) in [5.41, 5.74) is 3.62. The molecule has 0 unspecified atom stereocenters. The highest BCUT2D eigenvalue weighted by atomic mass is 35.5. The highest BCUT2D eigenvalue weighted by molar-refractivity contribution is 6.31. The maximum Gasteiger partial charge on any atom is 0.210 e. The van der Waals surface area contributed by atoms with Crippen molar-refractivity contribution in [2.75, 3.05) is 31.1 Å². The maximum atomic E-state index is 6.30. The smallest absolute Gasteiger partial charge is 0.210 e. The molecule has 4 rings (SSSR count). The molecule has 1 fully saturated rings. The molecule has 0 radical (unpaired) electrons. The van der Waals surface area contributed by atoms with E-state index in [1.807, 2.05) is 24.5 Å². The van der Waals surface area contributed by atoms with E-state index in [9.17, 15) is 0 Å². The Labute approximate surface area is 159 Å². The Morgan fingerprint density at radius 3 is 2.42 bits per heavy atom. The van der Waals surface area contributed by atoms with Crippen molar-refractivity contribution in [3.05, 3.63) is 77.1 Å². The number of aryl methyl sites for hydroxylation is 1. The molecule has 0 aliphatic carbocycles. The topological polar surface area (TPSA) is 24.3 Å². The number of hydrogen-bond acceptors (Lipinski definition) is 3. The van der Waals surface area contributed by atoms with Gasteiger partial charge in [-0.1, -0.05) is 47.5 Å². The number of nitrogens with zero attached hydrogens (tertiary/aromatic N) is 4. The molecule has 5 heteroatoms. The van der Waals surface area contributed by atoms with Gasteiger partial charge in [-0.05, 0) is 30.7 Å². The molecule has 0 N–H and O–H groups in total. The maximum absolute atomic E-state index is 6.30. The molecule has 0 saturated carbocycles. The molecule has 3 aromatic rings. The predicted octanol–water partition coefficient (Wildman–Crippen LogP) is 4.16. The van der Waals surface area contributed by atoms with Gasteiger partial charge in [0.25, 0.3) is 0 Å². The molecule has 4 nitrogen and oxygen atoms in total. The molecule has 0 spiro atoms. The molecule has 26 heavy (non-hydrogen) atoms. The number of hydrogen-bond donors (Lipinski definition) is 0. The minimum Gasteiger partial charge on any atom is -0.339 e. The van der Waals surface area contributed by atoms with E-state index in [1.165, 1.54) is 11.1 Å². The summed E-state index contributed by atoms with van der Waals surface area (Å²) < 4.78 is 2.17. The molecule has 134 valence electrons. The van der Waals surface area contributed by atoms with Gasteiger partial charge in [0.1, 0.15) is 0 Å². The summed E-state index contributed by atoms with van der Waals surface area (Å²) in [6.45, 7) is 6.95.